The van der Waals surface area contributed by atoms with Gasteiger partial charge in [0, 0.05) is 13.6 Å². The van der Waals surface area contributed by atoms with Crippen LogP contribution in [0.1, 0.15) is 18.9 Å². The first-order chi connectivity index (χ1) is 7.56. The Balaban J connectivity index is 2.76. The zero-order chi connectivity index (χ0) is 12.1. The predicted molar refractivity (Wildman–Crippen MR) is 61.5 cm³/mol. The summed E-state index contributed by atoms with van der Waals surface area (Å²) in [7, 11) is 1.67. The summed E-state index contributed by atoms with van der Waals surface area (Å²) < 4.78 is 1.46. The molecule has 0 aliphatic heterocycles. The van der Waals surface area contributed by atoms with Crippen LogP contribution >= 0.6 is 0 Å². The van der Waals surface area contributed by atoms with Crippen LogP contribution in [0, 0.1) is 5.41 Å². The van der Waals surface area contributed by atoms with Crippen LogP contribution in [0.15, 0.2) is 6.20 Å². The molecule has 0 saturated carbocycles. The van der Waals surface area contributed by atoms with Gasteiger partial charge in [0.15, 0.2) is 0 Å². The maximum absolute atomic E-state index is 11.4. The lowest BCUT2D eigenvalue weighted by atomic mass is 10.3. The first-order valence-corrected chi connectivity index (χ1v) is 4.97. The second-order valence-corrected chi connectivity index (χ2v) is 3.33. The fourth-order valence-corrected chi connectivity index (χ4v) is 1.17. The largest absolute Gasteiger partial charge is 0.384 e. The molecule has 1 aromatic heterocycles. The second-order valence-electron chi connectivity index (χ2n) is 3.33. The first-order valence-electron chi connectivity index (χ1n) is 4.97. The molecule has 0 unspecified atom stereocenters. The number of nitrogens with zero attached hydrogens (tertiary/aromatic N) is 2. The molecule has 1 rings (SSSR count). The SMILES string of the molecule is CCCNC(=O)Nc1c(C(=N)N)cnn1C. The number of nitrogens with one attached hydrogen (secondary N) is 3. The molecule has 0 bridgehead atoms. The average Bonchev–Trinajstić information content (AvgIpc) is 2.58. The molecule has 0 spiro atoms. The van der Waals surface area contributed by atoms with Crippen molar-refractivity contribution in [3.63, 3.8) is 0 Å². The van der Waals surface area contributed by atoms with Gasteiger partial charge in [0.05, 0.1) is 11.8 Å². The van der Waals surface area contributed by atoms with Gasteiger partial charge in [-0.05, 0) is 6.42 Å². The van der Waals surface area contributed by atoms with E-state index in [4.69, 9.17) is 11.1 Å². The normalized spacial score (nSPS) is 9.88. The van der Waals surface area contributed by atoms with Crippen molar-refractivity contribution in [1.82, 2.24) is 15.1 Å². The van der Waals surface area contributed by atoms with Crippen molar-refractivity contribution in [2.75, 3.05) is 11.9 Å². The van der Waals surface area contributed by atoms with Gasteiger partial charge >= 0.3 is 6.03 Å². The van der Waals surface area contributed by atoms with Crippen LogP contribution in [0.4, 0.5) is 10.6 Å². The quantitative estimate of drug-likeness (QED) is 0.434. The third-order valence-electron chi connectivity index (χ3n) is 2.00. The Kier molecular flexibility index (Phi) is 3.87. The molecule has 0 aliphatic rings. The molecule has 16 heavy (non-hydrogen) atoms. The smallest absolute Gasteiger partial charge is 0.320 e. The van der Waals surface area contributed by atoms with Gasteiger partial charge in [-0.2, -0.15) is 5.10 Å². The fraction of sp³-hybridized carbons (Fsp3) is 0.444. The molecule has 0 aliphatic carbocycles. The summed E-state index contributed by atoms with van der Waals surface area (Å²) in [6.45, 7) is 2.56. The standard InChI is InChI=1S/C9H16N6O/c1-3-4-12-9(16)14-8-6(7(10)11)5-13-15(8)2/h5H,3-4H2,1-2H3,(H3,10,11)(H2,12,14,16). The number of urea groups is 1. The maximum Gasteiger partial charge on any atom is 0.320 e. The highest BCUT2D eigenvalue weighted by molar-refractivity contribution is 6.02. The number of amidine groups is 1. The highest BCUT2D eigenvalue weighted by Crippen LogP contribution is 2.12. The number of aromatic nitrogens is 2. The highest BCUT2D eigenvalue weighted by atomic mass is 16.2. The van der Waals surface area contributed by atoms with E-state index in [0.717, 1.165) is 6.42 Å². The van der Waals surface area contributed by atoms with Crippen LogP contribution in [-0.2, 0) is 7.05 Å². The van der Waals surface area contributed by atoms with E-state index in [1.807, 2.05) is 6.92 Å². The summed E-state index contributed by atoms with van der Waals surface area (Å²) in [6.07, 6.45) is 2.30. The van der Waals surface area contributed by atoms with Gasteiger partial charge < -0.3 is 11.1 Å². The van der Waals surface area contributed by atoms with Crippen molar-refractivity contribution < 1.29 is 4.79 Å². The Morgan fingerprint density at radius 2 is 2.38 bits per heavy atom. The summed E-state index contributed by atoms with van der Waals surface area (Å²) in [5.74, 6) is 0.292. The molecule has 7 heteroatoms. The third-order valence-corrected chi connectivity index (χ3v) is 2.00. The van der Waals surface area contributed by atoms with Crippen molar-refractivity contribution in [2.24, 2.45) is 12.8 Å². The van der Waals surface area contributed by atoms with E-state index in [0.29, 0.717) is 17.9 Å². The van der Waals surface area contributed by atoms with E-state index in [2.05, 4.69) is 15.7 Å². The minimum atomic E-state index is -0.326. The number of carbonyl (C=O) groups excluding carboxylic acids is 1. The number of nitrogens with two attached hydrogens (primary N) is 1. The molecule has 0 fully saturated rings. The van der Waals surface area contributed by atoms with Crippen LogP contribution < -0.4 is 16.4 Å². The molecule has 0 radical (unpaired) electrons. The lowest BCUT2D eigenvalue weighted by Gasteiger charge is -2.08. The van der Waals surface area contributed by atoms with Crippen LogP contribution in [-0.4, -0.2) is 28.2 Å². The average molecular weight is 224 g/mol. The summed E-state index contributed by atoms with van der Waals surface area (Å²) in [6, 6.07) is -0.326. The van der Waals surface area contributed by atoms with Gasteiger partial charge in [0.1, 0.15) is 11.7 Å². The molecule has 88 valence electrons. The van der Waals surface area contributed by atoms with E-state index in [9.17, 15) is 4.79 Å². The molecule has 1 aromatic rings. The summed E-state index contributed by atoms with van der Waals surface area (Å²) >= 11 is 0. The Labute approximate surface area is 93.5 Å². The highest BCUT2D eigenvalue weighted by Gasteiger charge is 2.13. The van der Waals surface area contributed by atoms with E-state index in [1.165, 1.54) is 10.9 Å². The summed E-state index contributed by atoms with van der Waals surface area (Å²) in [5.41, 5.74) is 5.77. The number of amides is 2. The van der Waals surface area contributed by atoms with Crippen LogP contribution in [0.25, 0.3) is 0 Å². The predicted octanol–water partition coefficient (Wildman–Crippen LogP) is 0.236. The van der Waals surface area contributed by atoms with E-state index < -0.39 is 0 Å². The van der Waals surface area contributed by atoms with Gasteiger partial charge in [-0.1, -0.05) is 6.92 Å². The zero-order valence-corrected chi connectivity index (χ0v) is 9.37. The summed E-state index contributed by atoms with van der Waals surface area (Å²) in [4.78, 5) is 11.4. The Hall–Kier alpha value is -2.05. The lowest BCUT2D eigenvalue weighted by molar-refractivity contribution is 0.252. The van der Waals surface area contributed by atoms with E-state index in [-0.39, 0.29) is 11.9 Å². The molecular weight excluding hydrogens is 208 g/mol. The van der Waals surface area contributed by atoms with Crippen LogP contribution in [0.5, 0.6) is 0 Å². The number of nitrogen functional groups attached to an aromatic ring is 1. The van der Waals surface area contributed by atoms with E-state index in [1.54, 1.807) is 7.05 Å². The molecule has 5 N–H and O–H groups in total. The molecular formula is C9H16N6O. The molecule has 2 amide bonds. The number of carbonyl (C=O) groups is 1. The van der Waals surface area contributed by atoms with Gasteiger partial charge in [-0.3, -0.25) is 15.4 Å². The van der Waals surface area contributed by atoms with Crippen LogP contribution in [0.3, 0.4) is 0 Å². The number of rotatable bonds is 4. The number of anilines is 1. The van der Waals surface area contributed by atoms with Crippen molar-refractivity contribution >= 4 is 17.7 Å². The second kappa shape index (κ2) is 5.15. The summed E-state index contributed by atoms with van der Waals surface area (Å²) in [5, 5.41) is 16.5. The van der Waals surface area contributed by atoms with Crippen molar-refractivity contribution in [3.8, 4) is 0 Å². The van der Waals surface area contributed by atoms with Gasteiger partial charge in [-0.15, -0.1) is 0 Å². The Morgan fingerprint density at radius 1 is 1.69 bits per heavy atom. The van der Waals surface area contributed by atoms with Gasteiger partial charge in [0.25, 0.3) is 0 Å². The van der Waals surface area contributed by atoms with E-state index >= 15 is 0 Å². The van der Waals surface area contributed by atoms with Gasteiger partial charge in [-0.25, -0.2) is 4.79 Å². The minimum absolute atomic E-state index is 0.126. The van der Waals surface area contributed by atoms with Crippen molar-refractivity contribution in [3.05, 3.63) is 11.8 Å². The molecule has 0 aromatic carbocycles. The van der Waals surface area contributed by atoms with Crippen molar-refractivity contribution in [1.29, 1.82) is 5.41 Å². The lowest BCUT2D eigenvalue weighted by Crippen LogP contribution is -2.31. The van der Waals surface area contributed by atoms with Crippen molar-refractivity contribution in [2.45, 2.75) is 13.3 Å². The topological polar surface area (TPSA) is 109 Å². The fourth-order valence-electron chi connectivity index (χ4n) is 1.17. The molecule has 1 heterocycles. The number of aryl methyl sites for hydroxylation is 1. The first kappa shape index (κ1) is 12.0. The Morgan fingerprint density at radius 3 is 2.94 bits per heavy atom. The zero-order valence-electron chi connectivity index (χ0n) is 9.37. The van der Waals surface area contributed by atoms with Crippen LogP contribution in [0.2, 0.25) is 0 Å². The monoisotopic (exact) mass is 224 g/mol. The number of hydrogen-bond donors (Lipinski definition) is 4. The Bertz CT molecular complexity index is 397. The maximum atomic E-state index is 11.4. The molecule has 0 atom stereocenters. The molecule has 7 nitrogen and oxygen atoms in total. The molecule has 0 saturated heterocycles. The number of hydrogen-bond acceptors (Lipinski definition) is 3. The third kappa shape index (κ3) is 2.72. The van der Waals surface area contributed by atoms with Gasteiger partial charge in [0.2, 0.25) is 0 Å². The minimum Gasteiger partial charge on any atom is -0.384 e.